The van der Waals surface area contributed by atoms with Crippen molar-refractivity contribution in [2.45, 2.75) is 26.4 Å². The van der Waals surface area contributed by atoms with Crippen molar-refractivity contribution in [1.29, 1.82) is 0 Å². The largest absolute Gasteiger partial charge is 0.391 e. The minimum absolute atomic E-state index is 0.128. The lowest BCUT2D eigenvalue weighted by molar-refractivity contribution is 0.284. The number of rotatable bonds is 5. The van der Waals surface area contributed by atoms with E-state index in [-0.39, 0.29) is 6.61 Å². The molecule has 1 N–H and O–H groups in total. The monoisotopic (exact) mass is 214 g/mol. The second-order valence-electron chi connectivity index (χ2n) is 3.54. The van der Waals surface area contributed by atoms with Gasteiger partial charge in [0.2, 0.25) is 0 Å². The van der Waals surface area contributed by atoms with Gasteiger partial charge < -0.3 is 10.0 Å². The summed E-state index contributed by atoms with van der Waals surface area (Å²) in [6.45, 7) is 3.22. The van der Waals surface area contributed by atoms with Crippen molar-refractivity contribution in [3.8, 4) is 0 Å². The number of aromatic nitrogens is 1. The van der Waals surface area contributed by atoms with E-state index in [4.69, 9.17) is 5.11 Å². The third kappa shape index (κ3) is 3.04. The van der Waals surface area contributed by atoms with Crippen LogP contribution in [0.15, 0.2) is 0 Å². The number of aryl methyl sites for hydroxylation is 1. The maximum atomic E-state index is 9.10. The molecule has 1 heterocycles. The molecule has 0 spiro atoms. The predicted octanol–water partition coefficient (Wildman–Crippen LogP) is 1.30. The van der Waals surface area contributed by atoms with Gasteiger partial charge in [-0.3, -0.25) is 0 Å². The molecule has 0 radical (unpaired) electrons. The zero-order valence-electron chi connectivity index (χ0n) is 9.08. The lowest BCUT2D eigenvalue weighted by Crippen LogP contribution is -2.14. The Morgan fingerprint density at radius 3 is 2.57 bits per heavy atom. The third-order valence-electron chi connectivity index (χ3n) is 2.07. The Kier molecular flexibility index (Phi) is 4.51. The van der Waals surface area contributed by atoms with Crippen LogP contribution in [0, 0.1) is 0 Å². The van der Waals surface area contributed by atoms with Gasteiger partial charge in [-0.1, -0.05) is 6.92 Å². The summed E-state index contributed by atoms with van der Waals surface area (Å²) in [6.07, 6.45) is 1.89. The molecule has 0 aliphatic heterocycles. The maximum Gasteiger partial charge on any atom is 0.0944 e. The molecule has 0 aliphatic rings. The summed E-state index contributed by atoms with van der Waals surface area (Å²) in [7, 11) is 4.11. The summed E-state index contributed by atoms with van der Waals surface area (Å²) in [4.78, 5) is 7.68. The van der Waals surface area contributed by atoms with Crippen molar-refractivity contribution in [1.82, 2.24) is 9.88 Å². The summed E-state index contributed by atoms with van der Waals surface area (Å²) < 4.78 is 0. The Labute approximate surface area is 89.4 Å². The minimum atomic E-state index is 0.128. The van der Waals surface area contributed by atoms with Crippen molar-refractivity contribution in [3.05, 3.63) is 15.6 Å². The topological polar surface area (TPSA) is 36.4 Å². The average molecular weight is 214 g/mol. The van der Waals surface area contributed by atoms with Gasteiger partial charge >= 0.3 is 0 Å². The lowest BCUT2D eigenvalue weighted by Gasteiger charge is -2.06. The first-order valence-corrected chi connectivity index (χ1v) is 5.72. The van der Waals surface area contributed by atoms with Crippen LogP contribution in [0.25, 0.3) is 0 Å². The van der Waals surface area contributed by atoms with Crippen LogP contribution < -0.4 is 0 Å². The number of aliphatic hydroxyl groups is 1. The number of hydrogen-bond donors (Lipinski definition) is 1. The highest BCUT2D eigenvalue weighted by atomic mass is 32.1. The van der Waals surface area contributed by atoms with Crippen molar-refractivity contribution in [2.24, 2.45) is 0 Å². The molecule has 0 amide bonds. The van der Waals surface area contributed by atoms with Crippen LogP contribution in [0.4, 0.5) is 0 Å². The molecule has 1 rings (SSSR count). The van der Waals surface area contributed by atoms with Gasteiger partial charge in [-0.05, 0) is 20.5 Å². The van der Waals surface area contributed by atoms with E-state index in [9.17, 15) is 0 Å². The summed E-state index contributed by atoms with van der Waals surface area (Å²) in [5.41, 5.74) is 1.06. The number of hydrogen-bond acceptors (Lipinski definition) is 4. The van der Waals surface area contributed by atoms with Crippen LogP contribution in [0.1, 0.15) is 22.5 Å². The molecular weight excluding hydrogens is 196 g/mol. The van der Waals surface area contributed by atoms with Crippen molar-refractivity contribution in [3.63, 3.8) is 0 Å². The fourth-order valence-electron chi connectivity index (χ4n) is 1.26. The van der Waals surface area contributed by atoms with Gasteiger partial charge in [0, 0.05) is 13.0 Å². The Balaban J connectivity index is 2.64. The normalized spacial score (nSPS) is 11.2. The molecule has 1 aromatic heterocycles. The van der Waals surface area contributed by atoms with Crippen LogP contribution in [0.3, 0.4) is 0 Å². The smallest absolute Gasteiger partial charge is 0.0944 e. The highest BCUT2D eigenvalue weighted by Crippen LogP contribution is 2.19. The number of likely N-dealkylation sites (N-methyl/N-ethyl adjacent to an activating group) is 1. The standard InChI is InChI=1S/C10H18N2OS/c1-4-8-9(7-13)14-10(11-8)5-6-12(2)3/h13H,4-7H2,1-3H3. The molecule has 0 aliphatic carbocycles. The molecule has 0 unspecified atom stereocenters. The van der Waals surface area contributed by atoms with Gasteiger partial charge in [0.1, 0.15) is 0 Å². The Morgan fingerprint density at radius 1 is 1.43 bits per heavy atom. The van der Waals surface area contributed by atoms with Crippen molar-refractivity contribution >= 4 is 11.3 Å². The molecule has 0 fully saturated rings. The Morgan fingerprint density at radius 2 is 2.14 bits per heavy atom. The zero-order chi connectivity index (χ0) is 10.6. The molecule has 0 saturated carbocycles. The highest BCUT2D eigenvalue weighted by Gasteiger charge is 2.08. The van der Waals surface area contributed by atoms with Gasteiger partial charge in [0.05, 0.1) is 22.2 Å². The number of nitrogens with zero attached hydrogens (tertiary/aromatic N) is 2. The van der Waals surface area contributed by atoms with Crippen LogP contribution in [0.2, 0.25) is 0 Å². The maximum absolute atomic E-state index is 9.10. The van der Waals surface area contributed by atoms with E-state index in [1.165, 1.54) is 0 Å². The first kappa shape index (κ1) is 11.6. The van der Waals surface area contributed by atoms with E-state index in [0.717, 1.165) is 35.0 Å². The number of aliphatic hydroxyl groups excluding tert-OH is 1. The minimum Gasteiger partial charge on any atom is -0.391 e. The molecule has 1 aromatic rings. The summed E-state index contributed by atoms with van der Waals surface area (Å²) in [6, 6.07) is 0. The molecule has 4 heteroatoms. The molecule has 3 nitrogen and oxygen atoms in total. The fraction of sp³-hybridized carbons (Fsp3) is 0.700. The molecule has 80 valence electrons. The van der Waals surface area contributed by atoms with Crippen molar-refractivity contribution < 1.29 is 5.11 Å². The van der Waals surface area contributed by atoms with Gasteiger partial charge in [-0.25, -0.2) is 4.98 Å². The third-order valence-corrected chi connectivity index (χ3v) is 3.22. The van der Waals surface area contributed by atoms with E-state index in [0.29, 0.717) is 0 Å². The average Bonchev–Trinajstić information content (AvgIpc) is 2.57. The van der Waals surface area contributed by atoms with Crippen LogP contribution in [0.5, 0.6) is 0 Å². The van der Waals surface area contributed by atoms with Crippen LogP contribution >= 0.6 is 11.3 Å². The predicted molar refractivity (Wildman–Crippen MR) is 59.7 cm³/mol. The van der Waals surface area contributed by atoms with Gasteiger partial charge in [-0.2, -0.15) is 0 Å². The quantitative estimate of drug-likeness (QED) is 0.802. The fourth-order valence-corrected chi connectivity index (χ4v) is 2.27. The molecule has 0 aromatic carbocycles. The first-order valence-electron chi connectivity index (χ1n) is 4.90. The molecule has 0 bridgehead atoms. The van der Waals surface area contributed by atoms with E-state index < -0.39 is 0 Å². The van der Waals surface area contributed by atoms with E-state index >= 15 is 0 Å². The molecule has 0 atom stereocenters. The van der Waals surface area contributed by atoms with Gasteiger partial charge in [0.25, 0.3) is 0 Å². The van der Waals surface area contributed by atoms with Crippen LogP contribution in [-0.4, -0.2) is 35.6 Å². The second kappa shape index (κ2) is 5.44. The van der Waals surface area contributed by atoms with Gasteiger partial charge in [-0.15, -0.1) is 11.3 Å². The Hall–Kier alpha value is -0.450. The summed E-state index contributed by atoms with van der Waals surface area (Å²) in [5.74, 6) is 0. The van der Waals surface area contributed by atoms with Crippen LogP contribution in [-0.2, 0) is 19.4 Å². The van der Waals surface area contributed by atoms with Gasteiger partial charge in [0.15, 0.2) is 0 Å². The van der Waals surface area contributed by atoms with Crippen molar-refractivity contribution in [2.75, 3.05) is 20.6 Å². The molecule has 0 saturated heterocycles. The molecule has 14 heavy (non-hydrogen) atoms. The van der Waals surface area contributed by atoms with E-state index in [1.807, 2.05) is 0 Å². The highest BCUT2D eigenvalue weighted by molar-refractivity contribution is 7.11. The number of thiazole rings is 1. The zero-order valence-corrected chi connectivity index (χ0v) is 9.89. The van der Waals surface area contributed by atoms with E-state index in [2.05, 4.69) is 30.9 Å². The Bertz CT molecular complexity index is 262. The lowest BCUT2D eigenvalue weighted by atomic mass is 10.3. The summed E-state index contributed by atoms with van der Waals surface area (Å²) >= 11 is 1.64. The second-order valence-corrected chi connectivity index (χ2v) is 4.71. The van der Waals surface area contributed by atoms with E-state index in [1.54, 1.807) is 11.3 Å². The summed E-state index contributed by atoms with van der Waals surface area (Å²) in [5, 5.41) is 10.2. The SMILES string of the molecule is CCc1nc(CCN(C)C)sc1CO. The first-order chi connectivity index (χ1) is 6.67. The molecular formula is C10H18N2OS.